The van der Waals surface area contributed by atoms with Gasteiger partial charge in [-0.15, -0.1) is 0 Å². The van der Waals surface area contributed by atoms with Crippen molar-refractivity contribution in [2.45, 2.75) is 6.54 Å². The van der Waals surface area contributed by atoms with Gasteiger partial charge >= 0.3 is 6.03 Å². The number of carbonyl (C=O) groups is 1. The zero-order chi connectivity index (χ0) is 15.5. The highest BCUT2D eigenvalue weighted by Gasteiger charge is 2.07. The molecule has 2 heterocycles. The van der Waals surface area contributed by atoms with Gasteiger partial charge in [0.15, 0.2) is 5.82 Å². The number of benzene rings is 1. The van der Waals surface area contributed by atoms with Gasteiger partial charge in [0.05, 0.1) is 10.9 Å². The van der Waals surface area contributed by atoms with Gasteiger partial charge in [0, 0.05) is 23.8 Å². The zero-order valence-electron chi connectivity index (χ0n) is 11.4. The zero-order valence-corrected chi connectivity index (χ0v) is 12.2. The summed E-state index contributed by atoms with van der Waals surface area (Å²) in [5.74, 6) is 0.777. The number of nitrogens with two attached hydrogens (primary N) is 1. The fourth-order valence-electron chi connectivity index (χ4n) is 1.99. The Hall–Kier alpha value is -2.80. The second-order valence-electron chi connectivity index (χ2n) is 4.66. The van der Waals surface area contributed by atoms with Crippen molar-refractivity contribution in [1.29, 1.82) is 0 Å². The van der Waals surface area contributed by atoms with E-state index in [4.69, 9.17) is 17.3 Å². The van der Waals surface area contributed by atoms with Crippen LogP contribution in [0.3, 0.4) is 0 Å². The molecule has 1 aromatic carbocycles. The highest BCUT2D eigenvalue weighted by Crippen LogP contribution is 2.18. The van der Waals surface area contributed by atoms with Gasteiger partial charge in [-0.05, 0) is 17.7 Å². The minimum atomic E-state index is -0.362. The lowest BCUT2D eigenvalue weighted by molar-refractivity contribution is 0.251. The number of carbonyl (C=O) groups excluding carboxylic acids is 1. The number of hydrogen-bond acceptors (Lipinski definition) is 4. The van der Waals surface area contributed by atoms with Gasteiger partial charge in [-0.25, -0.2) is 9.78 Å². The Bertz CT molecular complexity index is 831. The average Bonchev–Trinajstić information content (AvgIpc) is 2.86. The van der Waals surface area contributed by atoms with Crippen LogP contribution < -0.4 is 16.4 Å². The van der Waals surface area contributed by atoms with Crippen LogP contribution in [0.25, 0.3) is 10.9 Å². The molecule has 3 aromatic rings. The molecule has 0 saturated heterocycles. The molecule has 0 fully saturated rings. The number of aromatic amines is 1. The highest BCUT2D eigenvalue weighted by atomic mass is 35.5. The molecule has 2 amide bonds. The Morgan fingerprint density at radius 1 is 1.36 bits per heavy atom. The number of urea groups is 1. The van der Waals surface area contributed by atoms with Crippen LogP contribution in [-0.2, 0) is 6.54 Å². The molecule has 0 aliphatic carbocycles. The summed E-state index contributed by atoms with van der Waals surface area (Å²) in [6, 6.07) is 8.58. The van der Waals surface area contributed by atoms with Crippen LogP contribution >= 0.6 is 11.6 Å². The van der Waals surface area contributed by atoms with E-state index < -0.39 is 0 Å². The molecule has 5 N–H and O–H groups in total. The van der Waals surface area contributed by atoms with Crippen LogP contribution in [0.1, 0.15) is 5.56 Å². The summed E-state index contributed by atoms with van der Waals surface area (Å²) < 4.78 is 0. The Morgan fingerprint density at radius 3 is 3.05 bits per heavy atom. The van der Waals surface area contributed by atoms with E-state index in [0.29, 0.717) is 34.1 Å². The number of hydrogen-bond donors (Lipinski definition) is 4. The van der Waals surface area contributed by atoms with Crippen LogP contribution in [-0.4, -0.2) is 21.2 Å². The van der Waals surface area contributed by atoms with Crippen LogP contribution in [0.5, 0.6) is 0 Å². The van der Waals surface area contributed by atoms with Crippen LogP contribution in [0.4, 0.5) is 16.4 Å². The van der Waals surface area contributed by atoms with Gasteiger partial charge < -0.3 is 11.1 Å². The Labute approximate surface area is 130 Å². The normalized spacial score (nSPS) is 10.6. The first-order valence-electron chi connectivity index (χ1n) is 6.51. The lowest BCUT2D eigenvalue weighted by atomic mass is 10.2. The fourth-order valence-corrected chi connectivity index (χ4v) is 2.20. The average molecular weight is 317 g/mol. The first kappa shape index (κ1) is 14.2. The number of halogens is 1. The summed E-state index contributed by atoms with van der Waals surface area (Å²) in [6.45, 7) is 0.367. The van der Waals surface area contributed by atoms with E-state index in [0.717, 1.165) is 5.56 Å². The van der Waals surface area contributed by atoms with Crippen molar-refractivity contribution >= 4 is 40.2 Å². The van der Waals surface area contributed by atoms with Gasteiger partial charge in [0.25, 0.3) is 0 Å². The van der Waals surface area contributed by atoms with Gasteiger partial charge in [-0.3, -0.25) is 10.4 Å². The van der Waals surface area contributed by atoms with Crippen molar-refractivity contribution in [2.24, 2.45) is 0 Å². The molecule has 0 unspecified atom stereocenters. The standard InChI is InChI=1S/C14H13ClN6O/c15-9-3-1-2-8(4-9)6-18-14(22)19-12-5-11-10(7-17-12)13(16)21-20-11/h1-5,7H,6H2,(H3,16,20,21)(H2,17,18,19,22). The van der Waals surface area contributed by atoms with Crippen molar-refractivity contribution in [3.63, 3.8) is 0 Å². The number of nitrogens with one attached hydrogen (secondary N) is 3. The fraction of sp³-hybridized carbons (Fsp3) is 0.0714. The van der Waals surface area contributed by atoms with E-state index in [1.807, 2.05) is 12.1 Å². The predicted molar refractivity (Wildman–Crippen MR) is 85.6 cm³/mol. The molecular weight excluding hydrogens is 304 g/mol. The summed E-state index contributed by atoms with van der Waals surface area (Å²) >= 11 is 5.89. The molecule has 0 radical (unpaired) electrons. The summed E-state index contributed by atoms with van der Waals surface area (Å²) in [5.41, 5.74) is 7.27. The first-order chi connectivity index (χ1) is 10.6. The number of anilines is 2. The van der Waals surface area contributed by atoms with Crippen molar-refractivity contribution < 1.29 is 4.79 Å². The van der Waals surface area contributed by atoms with Gasteiger partial charge in [-0.1, -0.05) is 23.7 Å². The maximum absolute atomic E-state index is 11.9. The van der Waals surface area contributed by atoms with Crippen LogP contribution in [0.15, 0.2) is 36.5 Å². The van der Waals surface area contributed by atoms with E-state index in [9.17, 15) is 4.79 Å². The smallest absolute Gasteiger partial charge is 0.320 e. The lowest BCUT2D eigenvalue weighted by Gasteiger charge is -2.07. The monoisotopic (exact) mass is 316 g/mol. The van der Waals surface area contributed by atoms with Crippen molar-refractivity contribution in [2.75, 3.05) is 11.1 Å². The van der Waals surface area contributed by atoms with Crippen molar-refractivity contribution in [3.05, 3.63) is 47.1 Å². The minimum Gasteiger partial charge on any atom is -0.382 e. The topological polar surface area (TPSA) is 109 Å². The summed E-state index contributed by atoms with van der Waals surface area (Å²) in [4.78, 5) is 16.0. The van der Waals surface area contributed by atoms with E-state index in [2.05, 4.69) is 25.8 Å². The molecule has 0 bridgehead atoms. The molecular formula is C14H13ClN6O. The lowest BCUT2D eigenvalue weighted by Crippen LogP contribution is -2.28. The highest BCUT2D eigenvalue weighted by molar-refractivity contribution is 6.30. The Kier molecular flexibility index (Phi) is 3.80. The third kappa shape index (κ3) is 3.09. The van der Waals surface area contributed by atoms with Gasteiger partial charge in [0.1, 0.15) is 5.82 Å². The van der Waals surface area contributed by atoms with Gasteiger partial charge in [0.2, 0.25) is 0 Å². The third-order valence-electron chi connectivity index (χ3n) is 3.06. The number of nitrogens with zero attached hydrogens (tertiary/aromatic N) is 2. The molecule has 0 atom stereocenters. The van der Waals surface area contributed by atoms with Gasteiger partial charge in [-0.2, -0.15) is 5.10 Å². The summed E-state index contributed by atoms with van der Waals surface area (Å²) in [6.07, 6.45) is 1.56. The SMILES string of the molecule is Nc1n[nH]c2cc(NC(=O)NCc3cccc(Cl)c3)ncc12. The Morgan fingerprint density at radius 2 is 2.23 bits per heavy atom. The van der Waals surface area contributed by atoms with Crippen molar-refractivity contribution in [1.82, 2.24) is 20.5 Å². The second-order valence-corrected chi connectivity index (χ2v) is 5.10. The molecule has 0 saturated carbocycles. The number of pyridine rings is 1. The number of fused-ring (bicyclic) bond motifs is 1. The minimum absolute atomic E-state index is 0.362. The number of rotatable bonds is 3. The van der Waals surface area contributed by atoms with Crippen molar-refractivity contribution in [3.8, 4) is 0 Å². The van der Waals surface area contributed by atoms with E-state index in [1.54, 1.807) is 24.4 Å². The molecule has 0 aliphatic heterocycles. The molecule has 22 heavy (non-hydrogen) atoms. The van der Waals surface area contributed by atoms with Crippen LogP contribution in [0, 0.1) is 0 Å². The molecule has 8 heteroatoms. The predicted octanol–water partition coefficient (Wildman–Crippen LogP) is 2.52. The summed E-state index contributed by atoms with van der Waals surface area (Å²) in [5, 5.41) is 13.4. The summed E-state index contributed by atoms with van der Waals surface area (Å²) in [7, 11) is 0. The van der Waals surface area contributed by atoms with E-state index in [1.165, 1.54) is 0 Å². The molecule has 2 aromatic heterocycles. The number of aromatic nitrogens is 3. The maximum Gasteiger partial charge on any atom is 0.320 e. The second kappa shape index (κ2) is 5.90. The van der Waals surface area contributed by atoms with Crippen LogP contribution in [0.2, 0.25) is 5.02 Å². The van der Waals surface area contributed by atoms with E-state index in [-0.39, 0.29) is 6.03 Å². The number of H-pyrrole nitrogens is 1. The maximum atomic E-state index is 11.9. The quantitative estimate of drug-likeness (QED) is 0.595. The molecule has 0 spiro atoms. The molecule has 3 rings (SSSR count). The molecule has 0 aliphatic rings. The third-order valence-corrected chi connectivity index (χ3v) is 3.30. The largest absolute Gasteiger partial charge is 0.382 e. The number of nitrogen functional groups attached to an aromatic ring is 1. The number of amides is 2. The molecule has 7 nitrogen and oxygen atoms in total. The Balaban J connectivity index is 1.63. The molecule has 112 valence electrons. The van der Waals surface area contributed by atoms with E-state index >= 15 is 0 Å². The first-order valence-corrected chi connectivity index (χ1v) is 6.88.